The number of halogens is 1. The zero-order valence-corrected chi connectivity index (χ0v) is 8.48. The summed E-state index contributed by atoms with van der Waals surface area (Å²) in [6, 6.07) is 10.1. The Morgan fingerprint density at radius 3 is 2.73 bits per heavy atom. The molecule has 0 saturated carbocycles. The third kappa shape index (κ3) is 2.60. The van der Waals surface area contributed by atoms with E-state index in [1.165, 1.54) is 12.3 Å². The minimum absolute atomic E-state index is 0.105. The second kappa shape index (κ2) is 4.19. The van der Waals surface area contributed by atoms with Crippen LogP contribution in [0.2, 0.25) is 5.02 Å². The van der Waals surface area contributed by atoms with E-state index in [1.807, 2.05) is 0 Å². The molecular weight excluding hydrogens is 214 g/mol. The van der Waals surface area contributed by atoms with Crippen molar-refractivity contribution in [1.29, 1.82) is 0 Å². The van der Waals surface area contributed by atoms with E-state index in [9.17, 15) is 0 Å². The van der Waals surface area contributed by atoms with Crippen LogP contribution in [-0.2, 0) is 0 Å². The third-order valence-corrected chi connectivity index (χ3v) is 1.97. The Balaban J connectivity index is 2.18. The molecule has 1 aromatic heterocycles. The Labute approximate surface area is 91.9 Å². The molecule has 0 fully saturated rings. The van der Waals surface area contributed by atoms with E-state index in [2.05, 4.69) is 4.98 Å². The molecule has 4 heteroatoms. The molecule has 0 radical (unpaired) electrons. The van der Waals surface area contributed by atoms with Gasteiger partial charge >= 0.3 is 0 Å². The van der Waals surface area contributed by atoms with Crippen LogP contribution in [0.3, 0.4) is 0 Å². The first-order valence-electron chi connectivity index (χ1n) is 4.32. The lowest BCUT2D eigenvalue weighted by molar-refractivity contribution is 0.447. The van der Waals surface area contributed by atoms with Crippen LogP contribution in [0.25, 0.3) is 0 Å². The summed E-state index contributed by atoms with van der Waals surface area (Å²) in [7, 11) is 0. The molecule has 0 aliphatic carbocycles. The Kier molecular flexibility index (Phi) is 2.74. The zero-order valence-electron chi connectivity index (χ0n) is 7.72. The Morgan fingerprint density at radius 1 is 1.20 bits per heavy atom. The maximum Gasteiger partial charge on any atom is 0.219 e. The standard InChI is InChI=1S/C11H8ClNO2/c12-8-2-1-3-10(6-8)15-11-5-4-9(14)7-13-11/h1-7,14H. The molecule has 3 nitrogen and oxygen atoms in total. The minimum atomic E-state index is 0.105. The van der Waals surface area contributed by atoms with Gasteiger partial charge in [-0.1, -0.05) is 17.7 Å². The van der Waals surface area contributed by atoms with Crippen molar-refractivity contribution in [3.8, 4) is 17.4 Å². The van der Waals surface area contributed by atoms with Gasteiger partial charge in [-0.3, -0.25) is 0 Å². The van der Waals surface area contributed by atoms with Crippen molar-refractivity contribution < 1.29 is 9.84 Å². The van der Waals surface area contributed by atoms with E-state index in [0.717, 1.165) is 0 Å². The van der Waals surface area contributed by atoms with Crippen LogP contribution >= 0.6 is 11.6 Å². The molecular formula is C11H8ClNO2. The molecule has 0 amide bonds. The van der Waals surface area contributed by atoms with Crippen LogP contribution in [0.5, 0.6) is 17.4 Å². The van der Waals surface area contributed by atoms with Gasteiger partial charge in [-0.15, -0.1) is 0 Å². The van der Waals surface area contributed by atoms with Crippen LogP contribution in [0.15, 0.2) is 42.6 Å². The van der Waals surface area contributed by atoms with Crippen LogP contribution in [0.4, 0.5) is 0 Å². The lowest BCUT2D eigenvalue weighted by Gasteiger charge is -2.04. The number of hydrogen-bond acceptors (Lipinski definition) is 3. The fourth-order valence-electron chi connectivity index (χ4n) is 1.08. The van der Waals surface area contributed by atoms with E-state index < -0.39 is 0 Å². The van der Waals surface area contributed by atoms with Gasteiger partial charge in [0.05, 0.1) is 6.20 Å². The first-order chi connectivity index (χ1) is 7.24. The van der Waals surface area contributed by atoms with Crippen LogP contribution in [0, 0.1) is 0 Å². The number of aromatic hydroxyl groups is 1. The van der Waals surface area contributed by atoms with Gasteiger partial charge in [-0.2, -0.15) is 0 Å². The Bertz CT molecular complexity index is 456. The summed E-state index contributed by atoms with van der Waals surface area (Å²) in [5, 5.41) is 9.63. The van der Waals surface area contributed by atoms with Crippen molar-refractivity contribution in [2.45, 2.75) is 0 Å². The molecule has 0 atom stereocenters. The van der Waals surface area contributed by atoms with Crippen molar-refractivity contribution in [2.75, 3.05) is 0 Å². The topological polar surface area (TPSA) is 42.4 Å². The first kappa shape index (κ1) is 9.80. The van der Waals surface area contributed by atoms with Crippen molar-refractivity contribution in [3.05, 3.63) is 47.6 Å². The summed E-state index contributed by atoms with van der Waals surface area (Å²) >= 11 is 5.80. The Morgan fingerprint density at radius 2 is 2.07 bits per heavy atom. The molecule has 2 aromatic rings. The summed E-state index contributed by atoms with van der Waals surface area (Å²) in [6.07, 6.45) is 1.32. The van der Waals surface area contributed by atoms with E-state index >= 15 is 0 Å². The normalized spacial score (nSPS) is 9.93. The number of nitrogens with zero attached hydrogens (tertiary/aromatic N) is 1. The SMILES string of the molecule is Oc1ccc(Oc2cccc(Cl)c2)nc1. The van der Waals surface area contributed by atoms with Gasteiger partial charge in [0.25, 0.3) is 0 Å². The summed E-state index contributed by atoms with van der Waals surface area (Å²) in [5.74, 6) is 1.13. The highest BCUT2D eigenvalue weighted by atomic mass is 35.5. The fourth-order valence-corrected chi connectivity index (χ4v) is 1.26. The van der Waals surface area contributed by atoms with Crippen molar-refractivity contribution in [2.24, 2.45) is 0 Å². The maximum absolute atomic E-state index is 9.03. The minimum Gasteiger partial charge on any atom is -0.506 e. The van der Waals surface area contributed by atoms with Gasteiger partial charge in [0.2, 0.25) is 5.88 Å². The van der Waals surface area contributed by atoms with Gasteiger partial charge in [-0.05, 0) is 24.3 Å². The highest BCUT2D eigenvalue weighted by Gasteiger charge is 1.98. The average molecular weight is 222 g/mol. The van der Waals surface area contributed by atoms with Gasteiger partial charge in [-0.25, -0.2) is 4.98 Å². The predicted molar refractivity (Wildman–Crippen MR) is 57.4 cm³/mol. The van der Waals surface area contributed by atoms with Gasteiger partial charge in [0.1, 0.15) is 11.5 Å². The van der Waals surface area contributed by atoms with Crippen LogP contribution in [-0.4, -0.2) is 10.1 Å². The molecule has 0 aliphatic heterocycles. The maximum atomic E-state index is 9.03. The molecule has 0 unspecified atom stereocenters. The first-order valence-corrected chi connectivity index (χ1v) is 4.70. The second-order valence-corrected chi connectivity index (χ2v) is 3.35. The second-order valence-electron chi connectivity index (χ2n) is 2.91. The molecule has 0 aliphatic rings. The van der Waals surface area contributed by atoms with Gasteiger partial charge < -0.3 is 9.84 Å². The quantitative estimate of drug-likeness (QED) is 0.847. The summed E-state index contributed by atoms with van der Waals surface area (Å²) in [5.41, 5.74) is 0. The van der Waals surface area contributed by atoms with Crippen molar-refractivity contribution >= 4 is 11.6 Å². The fraction of sp³-hybridized carbons (Fsp3) is 0. The number of aromatic nitrogens is 1. The van der Waals surface area contributed by atoms with Crippen molar-refractivity contribution in [3.63, 3.8) is 0 Å². The van der Waals surface area contributed by atoms with Crippen LogP contribution in [0.1, 0.15) is 0 Å². The molecule has 1 N–H and O–H groups in total. The number of ether oxygens (including phenoxy) is 1. The predicted octanol–water partition coefficient (Wildman–Crippen LogP) is 3.23. The van der Waals surface area contributed by atoms with E-state index in [1.54, 1.807) is 30.3 Å². The largest absolute Gasteiger partial charge is 0.506 e. The molecule has 2 rings (SSSR count). The summed E-state index contributed by atoms with van der Waals surface area (Å²) in [6.45, 7) is 0. The molecule has 0 saturated heterocycles. The highest BCUT2D eigenvalue weighted by molar-refractivity contribution is 6.30. The highest BCUT2D eigenvalue weighted by Crippen LogP contribution is 2.23. The summed E-state index contributed by atoms with van der Waals surface area (Å²) in [4.78, 5) is 3.89. The number of benzene rings is 1. The summed E-state index contributed by atoms with van der Waals surface area (Å²) < 4.78 is 5.41. The number of hydrogen-bond donors (Lipinski definition) is 1. The number of rotatable bonds is 2. The van der Waals surface area contributed by atoms with E-state index in [4.69, 9.17) is 21.4 Å². The van der Waals surface area contributed by atoms with E-state index in [-0.39, 0.29) is 5.75 Å². The molecule has 1 aromatic carbocycles. The molecule has 15 heavy (non-hydrogen) atoms. The third-order valence-electron chi connectivity index (χ3n) is 1.74. The zero-order chi connectivity index (χ0) is 10.7. The average Bonchev–Trinajstić information content (AvgIpc) is 2.22. The molecule has 0 bridgehead atoms. The number of pyridine rings is 1. The lowest BCUT2D eigenvalue weighted by atomic mass is 10.3. The van der Waals surface area contributed by atoms with Gasteiger partial charge in [0.15, 0.2) is 0 Å². The smallest absolute Gasteiger partial charge is 0.219 e. The van der Waals surface area contributed by atoms with Gasteiger partial charge in [0, 0.05) is 11.1 Å². The van der Waals surface area contributed by atoms with Crippen molar-refractivity contribution in [1.82, 2.24) is 4.98 Å². The lowest BCUT2D eigenvalue weighted by Crippen LogP contribution is -1.86. The molecule has 0 spiro atoms. The molecule has 1 heterocycles. The Hall–Kier alpha value is -1.74. The van der Waals surface area contributed by atoms with Crippen LogP contribution < -0.4 is 4.74 Å². The van der Waals surface area contributed by atoms with E-state index in [0.29, 0.717) is 16.7 Å². The monoisotopic (exact) mass is 221 g/mol. The molecule has 76 valence electrons.